The number of aromatic hydroxyl groups is 1. The zero-order valence-corrected chi connectivity index (χ0v) is 10.8. The van der Waals surface area contributed by atoms with E-state index < -0.39 is 0 Å². The van der Waals surface area contributed by atoms with Crippen LogP contribution in [0, 0.1) is 0 Å². The molecule has 2 aromatic carbocycles. The zero-order valence-electron chi connectivity index (χ0n) is 10.8. The van der Waals surface area contributed by atoms with Gasteiger partial charge >= 0.3 is 0 Å². The van der Waals surface area contributed by atoms with Crippen molar-refractivity contribution in [3.05, 3.63) is 48.0 Å². The molecule has 0 saturated carbocycles. The van der Waals surface area contributed by atoms with Gasteiger partial charge in [-0.15, -0.1) is 0 Å². The molecule has 4 heteroatoms. The van der Waals surface area contributed by atoms with Gasteiger partial charge in [0, 0.05) is 11.1 Å². The summed E-state index contributed by atoms with van der Waals surface area (Å²) in [5, 5.41) is 10.8. The standard InChI is InChI=1S/C16H12O4/c1-19-12-6-2-4-10(8-12)16-15(18)14-11(9-17)5-3-7-13(14)20-16/h2-9,18H,1H3. The Morgan fingerprint density at radius 1 is 1.20 bits per heavy atom. The summed E-state index contributed by atoms with van der Waals surface area (Å²) in [6, 6.07) is 12.2. The molecule has 0 radical (unpaired) electrons. The van der Waals surface area contributed by atoms with Gasteiger partial charge in [-0.3, -0.25) is 4.79 Å². The van der Waals surface area contributed by atoms with Crippen LogP contribution in [0.4, 0.5) is 0 Å². The highest BCUT2D eigenvalue weighted by molar-refractivity contribution is 6.02. The first-order chi connectivity index (χ1) is 9.74. The highest BCUT2D eigenvalue weighted by Gasteiger charge is 2.17. The Hall–Kier alpha value is -2.75. The topological polar surface area (TPSA) is 59.7 Å². The summed E-state index contributed by atoms with van der Waals surface area (Å²) in [4.78, 5) is 11.0. The van der Waals surface area contributed by atoms with Gasteiger partial charge in [0.1, 0.15) is 11.3 Å². The van der Waals surface area contributed by atoms with Crippen LogP contribution < -0.4 is 4.74 Å². The summed E-state index contributed by atoms with van der Waals surface area (Å²) in [6.45, 7) is 0. The first-order valence-electron chi connectivity index (χ1n) is 6.08. The number of carbonyl (C=O) groups is 1. The van der Waals surface area contributed by atoms with E-state index in [1.54, 1.807) is 49.6 Å². The fourth-order valence-electron chi connectivity index (χ4n) is 2.22. The molecule has 4 nitrogen and oxygen atoms in total. The van der Waals surface area contributed by atoms with Crippen LogP contribution in [-0.4, -0.2) is 18.5 Å². The van der Waals surface area contributed by atoms with Gasteiger partial charge in [0.25, 0.3) is 0 Å². The molecule has 1 aromatic heterocycles. The minimum atomic E-state index is -0.0315. The summed E-state index contributed by atoms with van der Waals surface area (Å²) in [5.74, 6) is 0.960. The molecule has 0 unspecified atom stereocenters. The van der Waals surface area contributed by atoms with Gasteiger partial charge in [-0.05, 0) is 18.2 Å². The molecule has 3 rings (SSSR count). The van der Waals surface area contributed by atoms with Crippen LogP contribution in [0.1, 0.15) is 10.4 Å². The van der Waals surface area contributed by atoms with Gasteiger partial charge in [0.15, 0.2) is 17.8 Å². The molecular weight excluding hydrogens is 256 g/mol. The maximum atomic E-state index is 11.0. The Morgan fingerprint density at radius 2 is 2.00 bits per heavy atom. The first kappa shape index (κ1) is 12.3. The van der Waals surface area contributed by atoms with E-state index in [0.717, 1.165) is 0 Å². The largest absolute Gasteiger partial charge is 0.504 e. The Kier molecular flexibility index (Phi) is 2.91. The maximum absolute atomic E-state index is 11.0. The number of methoxy groups -OCH3 is 1. The minimum absolute atomic E-state index is 0.0315. The maximum Gasteiger partial charge on any atom is 0.177 e. The number of aldehydes is 1. The number of benzene rings is 2. The van der Waals surface area contributed by atoms with Crippen molar-refractivity contribution in [2.45, 2.75) is 0 Å². The van der Waals surface area contributed by atoms with Gasteiger partial charge in [-0.2, -0.15) is 0 Å². The predicted octanol–water partition coefficient (Wildman–Crippen LogP) is 3.63. The number of ether oxygens (including phenoxy) is 1. The molecule has 100 valence electrons. The van der Waals surface area contributed by atoms with Crippen LogP contribution in [0.25, 0.3) is 22.3 Å². The third kappa shape index (κ3) is 1.82. The Bertz CT molecular complexity index is 786. The van der Waals surface area contributed by atoms with Crippen molar-refractivity contribution in [1.82, 2.24) is 0 Å². The van der Waals surface area contributed by atoms with Gasteiger partial charge in [-0.1, -0.05) is 24.3 Å². The number of hydrogen-bond acceptors (Lipinski definition) is 4. The van der Waals surface area contributed by atoms with E-state index >= 15 is 0 Å². The highest BCUT2D eigenvalue weighted by Crippen LogP contribution is 2.40. The lowest BCUT2D eigenvalue weighted by molar-refractivity contribution is 0.112. The van der Waals surface area contributed by atoms with Crippen LogP contribution >= 0.6 is 0 Å². The molecule has 0 aliphatic carbocycles. The van der Waals surface area contributed by atoms with Crippen molar-refractivity contribution in [2.75, 3.05) is 7.11 Å². The summed E-state index contributed by atoms with van der Waals surface area (Å²) in [6.07, 6.45) is 0.701. The number of hydrogen-bond donors (Lipinski definition) is 1. The normalized spacial score (nSPS) is 10.7. The van der Waals surface area contributed by atoms with E-state index in [1.165, 1.54) is 0 Å². The molecule has 3 aromatic rings. The summed E-state index contributed by atoms with van der Waals surface area (Å²) >= 11 is 0. The van der Waals surface area contributed by atoms with Crippen LogP contribution in [0.3, 0.4) is 0 Å². The molecule has 0 aliphatic rings. The van der Waals surface area contributed by atoms with Gasteiger partial charge in [0.2, 0.25) is 0 Å². The van der Waals surface area contributed by atoms with Gasteiger partial charge in [-0.25, -0.2) is 0 Å². The Morgan fingerprint density at radius 3 is 2.75 bits per heavy atom. The smallest absolute Gasteiger partial charge is 0.177 e. The molecule has 0 bridgehead atoms. The van der Waals surface area contributed by atoms with Crippen molar-refractivity contribution in [2.24, 2.45) is 0 Å². The number of furan rings is 1. The Labute approximate surface area is 115 Å². The fraction of sp³-hybridized carbons (Fsp3) is 0.0625. The third-order valence-electron chi connectivity index (χ3n) is 3.18. The molecule has 0 atom stereocenters. The monoisotopic (exact) mass is 268 g/mol. The van der Waals surface area contributed by atoms with Crippen molar-refractivity contribution in [3.63, 3.8) is 0 Å². The molecular formula is C16H12O4. The average Bonchev–Trinajstić information content (AvgIpc) is 2.84. The molecule has 0 saturated heterocycles. The van der Waals surface area contributed by atoms with Crippen molar-refractivity contribution in [1.29, 1.82) is 0 Å². The van der Waals surface area contributed by atoms with E-state index in [0.29, 0.717) is 39.9 Å². The number of carbonyl (C=O) groups excluding carboxylic acids is 1. The quantitative estimate of drug-likeness (QED) is 0.737. The second-order valence-electron chi connectivity index (χ2n) is 4.35. The van der Waals surface area contributed by atoms with E-state index in [2.05, 4.69) is 0 Å². The van der Waals surface area contributed by atoms with E-state index in [9.17, 15) is 9.90 Å². The number of fused-ring (bicyclic) bond motifs is 1. The summed E-state index contributed by atoms with van der Waals surface area (Å²) in [7, 11) is 1.57. The van der Waals surface area contributed by atoms with E-state index in [1.807, 2.05) is 0 Å². The molecule has 0 fully saturated rings. The molecule has 1 N–H and O–H groups in total. The van der Waals surface area contributed by atoms with Crippen molar-refractivity contribution >= 4 is 17.3 Å². The molecule has 0 aliphatic heterocycles. The zero-order chi connectivity index (χ0) is 14.1. The second kappa shape index (κ2) is 4.74. The molecule has 20 heavy (non-hydrogen) atoms. The van der Waals surface area contributed by atoms with E-state index in [4.69, 9.17) is 9.15 Å². The second-order valence-corrected chi connectivity index (χ2v) is 4.35. The highest BCUT2D eigenvalue weighted by atomic mass is 16.5. The lowest BCUT2D eigenvalue weighted by Crippen LogP contribution is -1.83. The summed E-state index contributed by atoms with van der Waals surface area (Å²) < 4.78 is 10.8. The van der Waals surface area contributed by atoms with Crippen LogP contribution in [0.15, 0.2) is 46.9 Å². The van der Waals surface area contributed by atoms with Crippen LogP contribution in [0.5, 0.6) is 11.5 Å². The SMILES string of the molecule is COc1cccc(-c2oc3cccc(C=O)c3c2O)c1. The van der Waals surface area contributed by atoms with Crippen LogP contribution in [0.2, 0.25) is 0 Å². The lowest BCUT2D eigenvalue weighted by atomic mass is 10.1. The lowest BCUT2D eigenvalue weighted by Gasteiger charge is -2.02. The predicted molar refractivity (Wildman–Crippen MR) is 75.3 cm³/mol. The van der Waals surface area contributed by atoms with Crippen LogP contribution in [-0.2, 0) is 0 Å². The fourth-order valence-corrected chi connectivity index (χ4v) is 2.22. The Balaban J connectivity index is 2.26. The average molecular weight is 268 g/mol. The first-order valence-corrected chi connectivity index (χ1v) is 6.08. The third-order valence-corrected chi connectivity index (χ3v) is 3.18. The summed E-state index contributed by atoms with van der Waals surface area (Å²) in [5.41, 5.74) is 1.57. The van der Waals surface area contributed by atoms with Gasteiger partial charge in [0.05, 0.1) is 12.5 Å². The van der Waals surface area contributed by atoms with Crippen molar-refractivity contribution < 1.29 is 19.1 Å². The van der Waals surface area contributed by atoms with Gasteiger partial charge < -0.3 is 14.3 Å². The van der Waals surface area contributed by atoms with E-state index in [-0.39, 0.29) is 5.75 Å². The molecule has 0 spiro atoms. The number of rotatable bonds is 3. The minimum Gasteiger partial charge on any atom is -0.504 e. The molecule has 1 heterocycles. The molecule has 0 amide bonds. The van der Waals surface area contributed by atoms with Crippen molar-refractivity contribution in [3.8, 4) is 22.8 Å².